The van der Waals surface area contributed by atoms with E-state index in [1.165, 1.54) is 10.9 Å². The molecule has 3 rings (SSSR count). The fraction of sp³-hybridized carbons (Fsp3) is 0.520. The topological polar surface area (TPSA) is 100 Å². The molecule has 0 spiro atoms. The molecule has 3 aromatic rings. The van der Waals surface area contributed by atoms with Gasteiger partial charge in [0, 0.05) is 20.2 Å². The summed E-state index contributed by atoms with van der Waals surface area (Å²) in [5.74, 6) is 0.0380. The number of unbranched alkanes of at least 4 members (excludes halogenated alkanes) is 1. The second kappa shape index (κ2) is 12.3. The molecule has 0 radical (unpaired) electrons. The fourth-order valence-electron chi connectivity index (χ4n) is 4.05. The monoisotopic (exact) mass is 469 g/mol. The number of carbonyl (C=O) groups excluding carboxylic acids is 1. The summed E-state index contributed by atoms with van der Waals surface area (Å²) in [6, 6.07) is 9.49. The van der Waals surface area contributed by atoms with E-state index in [-0.39, 0.29) is 24.5 Å². The number of hydrogen-bond donors (Lipinski definition) is 1. The van der Waals surface area contributed by atoms with Crippen LogP contribution in [0.3, 0.4) is 0 Å². The third-order valence-electron chi connectivity index (χ3n) is 6.14. The zero-order chi connectivity index (χ0) is 24.5. The number of rotatable bonds is 13. The summed E-state index contributed by atoms with van der Waals surface area (Å²) in [7, 11) is 1.58. The van der Waals surface area contributed by atoms with Crippen molar-refractivity contribution < 1.29 is 9.53 Å². The lowest BCUT2D eigenvalue weighted by Crippen LogP contribution is -2.45. The van der Waals surface area contributed by atoms with Crippen LogP contribution in [-0.2, 0) is 29.2 Å². The summed E-state index contributed by atoms with van der Waals surface area (Å²) in [5, 5.41) is 2.92. The molecule has 1 atom stereocenters. The second-order valence-corrected chi connectivity index (χ2v) is 8.57. The molecule has 9 heteroatoms. The van der Waals surface area contributed by atoms with Gasteiger partial charge in [0.2, 0.25) is 5.91 Å². The van der Waals surface area contributed by atoms with Crippen LogP contribution in [0.4, 0.5) is 0 Å². The minimum absolute atomic E-state index is 0.244. The molecule has 9 nitrogen and oxygen atoms in total. The summed E-state index contributed by atoms with van der Waals surface area (Å²) in [6.45, 7) is 5.50. The molecule has 2 heterocycles. The Balaban J connectivity index is 1.95. The minimum Gasteiger partial charge on any atom is -0.383 e. The van der Waals surface area contributed by atoms with Crippen molar-refractivity contribution in [1.29, 1.82) is 0 Å². The average Bonchev–Trinajstić information content (AvgIpc) is 3.28. The molecule has 34 heavy (non-hydrogen) atoms. The molecule has 1 aromatic carbocycles. The highest BCUT2D eigenvalue weighted by molar-refractivity contribution is 5.76. The molecule has 0 aliphatic heterocycles. The Morgan fingerprint density at radius 3 is 2.59 bits per heavy atom. The van der Waals surface area contributed by atoms with Crippen molar-refractivity contribution in [3.05, 3.63) is 63.1 Å². The van der Waals surface area contributed by atoms with Crippen LogP contribution in [0.1, 0.15) is 45.1 Å². The van der Waals surface area contributed by atoms with Crippen molar-refractivity contribution in [1.82, 2.24) is 24.0 Å². The largest absolute Gasteiger partial charge is 0.383 e. The van der Waals surface area contributed by atoms with Crippen molar-refractivity contribution in [2.45, 2.75) is 59.2 Å². The summed E-state index contributed by atoms with van der Waals surface area (Å²) in [6.07, 6.45) is 5.77. The predicted molar refractivity (Wildman–Crippen MR) is 132 cm³/mol. The van der Waals surface area contributed by atoms with Crippen LogP contribution in [0.25, 0.3) is 11.2 Å². The van der Waals surface area contributed by atoms with Gasteiger partial charge in [-0.1, -0.05) is 63.4 Å². The number of nitrogens with zero attached hydrogens (tertiary/aromatic N) is 4. The van der Waals surface area contributed by atoms with Gasteiger partial charge in [0.15, 0.2) is 11.2 Å². The van der Waals surface area contributed by atoms with E-state index < -0.39 is 11.2 Å². The smallest absolute Gasteiger partial charge is 0.333 e. The number of ether oxygens (including phenoxy) is 1. The normalized spacial score (nSPS) is 12.2. The first kappa shape index (κ1) is 25.4. The number of amides is 1. The maximum Gasteiger partial charge on any atom is 0.333 e. The number of aromatic nitrogens is 4. The lowest BCUT2D eigenvalue weighted by Gasteiger charge is -2.16. The van der Waals surface area contributed by atoms with Crippen molar-refractivity contribution in [3.63, 3.8) is 0 Å². The molecular formula is C25H35N5O4. The van der Waals surface area contributed by atoms with Gasteiger partial charge in [-0.15, -0.1) is 0 Å². The van der Waals surface area contributed by atoms with E-state index in [0.29, 0.717) is 31.3 Å². The van der Waals surface area contributed by atoms with Crippen LogP contribution in [0.5, 0.6) is 0 Å². The molecule has 0 saturated carbocycles. The van der Waals surface area contributed by atoms with E-state index in [9.17, 15) is 14.4 Å². The zero-order valence-electron chi connectivity index (χ0n) is 20.3. The van der Waals surface area contributed by atoms with Crippen LogP contribution in [0, 0.1) is 5.92 Å². The summed E-state index contributed by atoms with van der Waals surface area (Å²) in [4.78, 5) is 43.8. The molecule has 0 bridgehead atoms. The third kappa shape index (κ3) is 6.02. The van der Waals surface area contributed by atoms with E-state index in [2.05, 4.69) is 24.1 Å². The number of benzene rings is 1. The number of methoxy groups -OCH3 is 1. The first-order chi connectivity index (χ1) is 16.5. The highest BCUT2D eigenvalue weighted by Gasteiger charge is 2.20. The van der Waals surface area contributed by atoms with Crippen LogP contribution in [-0.4, -0.2) is 44.9 Å². The highest BCUT2D eigenvalue weighted by atomic mass is 16.5. The molecule has 1 unspecified atom stereocenters. The molecule has 0 saturated heterocycles. The van der Waals surface area contributed by atoms with E-state index in [1.54, 1.807) is 11.7 Å². The summed E-state index contributed by atoms with van der Waals surface area (Å²) in [5.41, 5.74) is 0.415. The minimum atomic E-state index is -0.550. The van der Waals surface area contributed by atoms with Gasteiger partial charge in [-0.25, -0.2) is 14.3 Å². The first-order valence-corrected chi connectivity index (χ1v) is 12.0. The van der Waals surface area contributed by atoms with Crippen molar-refractivity contribution in [2.24, 2.45) is 5.92 Å². The Morgan fingerprint density at radius 1 is 1.15 bits per heavy atom. The van der Waals surface area contributed by atoms with Crippen molar-refractivity contribution in [2.75, 3.05) is 20.3 Å². The molecule has 0 fully saturated rings. The number of imidazole rings is 1. The van der Waals surface area contributed by atoms with Gasteiger partial charge in [-0.05, 0) is 17.9 Å². The molecule has 2 aromatic heterocycles. The summed E-state index contributed by atoms with van der Waals surface area (Å²) < 4.78 is 9.30. The molecule has 0 aliphatic carbocycles. The van der Waals surface area contributed by atoms with Gasteiger partial charge in [0.25, 0.3) is 5.56 Å². The fourth-order valence-corrected chi connectivity index (χ4v) is 4.05. The molecule has 0 aliphatic rings. The van der Waals surface area contributed by atoms with Crippen molar-refractivity contribution in [3.8, 4) is 0 Å². The SMILES string of the molecule is CCCCC(CC)CNC(=O)Cn1c(=O)c2c(ncn2CCOC)n(Cc2ccccc2)c1=O. The molecule has 1 N–H and O–H groups in total. The van der Waals surface area contributed by atoms with E-state index in [0.717, 1.165) is 35.8 Å². The Labute approximate surface area is 199 Å². The third-order valence-corrected chi connectivity index (χ3v) is 6.14. The Morgan fingerprint density at radius 2 is 1.91 bits per heavy atom. The van der Waals surface area contributed by atoms with Gasteiger partial charge >= 0.3 is 5.69 Å². The lowest BCUT2D eigenvalue weighted by molar-refractivity contribution is -0.122. The van der Waals surface area contributed by atoms with Gasteiger partial charge in [-0.2, -0.15) is 0 Å². The predicted octanol–water partition coefficient (Wildman–Crippen LogP) is 2.39. The van der Waals surface area contributed by atoms with E-state index >= 15 is 0 Å². The van der Waals surface area contributed by atoms with Crippen LogP contribution < -0.4 is 16.6 Å². The highest BCUT2D eigenvalue weighted by Crippen LogP contribution is 2.12. The molecule has 1 amide bonds. The van der Waals surface area contributed by atoms with Gasteiger partial charge in [0.05, 0.1) is 19.5 Å². The van der Waals surface area contributed by atoms with E-state index in [4.69, 9.17) is 4.74 Å². The number of nitrogens with one attached hydrogen (secondary N) is 1. The average molecular weight is 470 g/mol. The van der Waals surface area contributed by atoms with Crippen molar-refractivity contribution >= 4 is 17.1 Å². The van der Waals surface area contributed by atoms with Gasteiger partial charge < -0.3 is 14.6 Å². The first-order valence-electron chi connectivity index (χ1n) is 12.0. The van der Waals surface area contributed by atoms with Gasteiger partial charge in [0.1, 0.15) is 6.54 Å². The van der Waals surface area contributed by atoms with E-state index in [1.807, 2.05) is 30.3 Å². The summed E-state index contributed by atoms with van der Waals surface area (Å²) >= 11 is 0. The Hall–Kier alpha value is -3.20. The van der Waals surface area contributed by atoms with Crippen LogP contribution in [0.2, 0.25) is 0 Å². The number of fused-ring (bicyclic) bond motifs is 1. The Bertz CT molecular complexity index is 1200. The van der Waals surface area contributed by atoms with Gasteiger partial charge in [-0.3, -0.25) is 14.2 Å². The quantitative estimate of drug-likeness (QED) is 0.414. The maximum atomic E-state index is 13.4. The standard InChI is InChI=1S/C25H35N5O4/c1-4-6-10-19(5-2)15-26-21(31)17-30-24(32)22-23(27-18-28(22)13-14-34-3)29(25(30)33)16-20-11-8-7-9-12-20/h7-9,11-12,18-19H,4-6,10,13-17H2,1-3H3,(H,26,31). The number of hydrogen-bond acceptors (Lipinski definition) is 5. The zero-order valence-corrected chi connectivity index (χ0v) is 20.3. The second-order valence-electron chi connectivity index (χ2n) is 8.57. The maximum absolute atomic E-state index is 13.4. The number of carbonyl (C=O) groups is 1. The molecule has 184 valence electrons. The van der Waals surface area contributed by atoms with Crippen LogP contribution in [0.15, 0.2) is 46.2 Å². The van der Waals surface area contributed by atoms with Crippen LogP contribution >= 0.6 is 0 Å². The lowest BCUT2D eigenvalue weighted by atomic mass is 9.99. The molecular weight excluding hydrogens is 434 g/mol. The Kier molecular flexibility index (Phi) is 9.21.